The first-order valence-electron chi connectivity index (χ1n) is 5.21. The summed E-state index contributed by atoms with van der Waals surface area (Å²) in [5.74, 6) is 0. The molecule has 2 aliphatic rings. The minimum absolute atomic E-state index is 0.123. The van der Waals surface area contributed by atoms with Crippen LogP contribution in [0.15, 0.2) is 0 Å². The van der Waals surface area contributed by atoms with Crippen LogP contribution in [0.1, 0.15) is 51.4 Å². The van der Waals surface area contributed by atoms with Gasteiger partial charge in [-0.15, -0.1) is 0 Å². The van der Waals surface area contributed by atoms with Crippen LogP contribution in [0.2, 0.25) is 6.95 Å². The SMILES string of the molecule is C1CC[CH]([Pb][CH]2CCCC2)C1. The zero-order chi connectivity index (χ0) is 7.52. The van der Waals surface area contributed by atoms with Crippen LogP contribution in [0, 0.1) is 0 Å². The van der Waals surface area contributed by atoms with E-state index >= 15 is 0 Å². The van der Waals surface area contributed by atoms with Crippen LogP contribution in [-0.4, -0.2) is 24.2 Å². The Hall–Kier alpha value is 0.922. The van der Waals surface area contributed by atoms with Crippen LogP contribution in [0.25, 0.3) is 0 Å². The van der Waals surface area contributed by atoms with Gasteiger partial charge in [-0.3, -0.25) is 0 Å². The number of hydrogen-bond acceptors (Lipinski definition) is 0. The predicted molar refractivity (Wildman–Crippen MR) is 50.2 cm³/mol. The van der Waals surface area contributed by atoms with Crippen molar-refractivity contribution in [3.8, 4) is 0 Å². The number of rotatable bonds is 2. The fourth-order valence-corrected chi connectivity index (χ4v) is 10.9. The Morgan fingerprint density at radius 3 is 1.36 bits per heavy atom. The third-order valence-electron chi connectivity index (χ3n) is 3.18. The topological polar surface area (TPSA) is 0 Å². The molecule has 0 amide bonds. The van der Waals surface area contributed by atoms with E-state index in [0.717, 1.165) is 0 Å². The standard InChI is InChI=1S/2C5H9.Pb/c2*1-2-4-5-3-1;/h2*1H,2-5H2;. The van der Waals surface area contributed by atoms with Crippen LogP contribution in [-0.2, 0) is 0 Å². The van der Waals surface area contributed by atoms with E-state index < -0.39 is 0 Å². The molecule has 0 atom stereocenters. The molecule has 0 aromatic carbocycles. The molecule has 11 heavy (non-hydrogen) atoms. The van der Waals surface area contributed by atoms with Crippen molar-refractivity contribution in [2.24, 2.45) is 0 Å². The summed E-state index contributed by atoms with van der Waals surface area (Å²) in [6.45, 7) is 0. The van der Waals surface area contributed by atoms with Crippen LogP contribution in [0.5, 0.6) is 0 Å². The van der Waals surface area contributed by atoms with Gasteiger partial charge in [0.25, 0.3) is 0 Å². The van der Waals surface area contributed by atoms with Gasteiger partial charge in [-0.2, -0.15) is 0 Å². The van der Waals surface area contributed by atoms with Crippen LogP contribution < -0.4 is 0 Å². The molecule has 0 saturated heterocycles. The van der Waals surface area contributed by atoms with Crippen LogP contribution in [0.4, 0.5) is 0 Å². The molecule has 0 aliphatic heterocycles. The molecule has 0 bridgehead atoms. The molecule has 0 aromatic rings. The van der Waals surface area contributed by atoms with Crippen molar-refractivity contribution in [3.63, 3.8) is 0 Å². The van der Waals surface area contributed by atoms with Crippen molar-refractivity contribution >= 4 is 24.2 Å². The third-order valence-corrected chi connectivity index (χ3v) is 11.3. The Morgan fingerprint density at radius 1 is 0.636 bits per heavy atom. The summed E-state index contributed by atoms with van der Waals surface area (Å²) >= 11 is -0.123. The zero-order valence-corrected chi connectivity index (χ0v) is 11.2. The van der Waals surface area contributed by atoms with E-state index in [-0.39, 0.29) is 24.2 Å². The van der Waals surface area contributed by atoms with Gasteiger partial charge in [-0.1, -0.05) is 0 Å². The first-order chi connectivity index (χ1) is 5.45. The molecule has 0 aromatic heterocycles. The molecule has 2 fully saturated rings. The molecule has 2 rings (SSSR count). The summed E-state index contributed by atoms with van der Waals surface area (Å²) in [6.07, 6.45) is 12.8. The summed E-state index contributed by atoms with van der Waals surface area (Å²) in [4.78, 5) is 0. The van der Waals surface area contributed by atoms with Gasteiger partial charge >= 0.3 is 82.6 Å². The molecule has 1 heteroatoms. The Kier molecular flexibility index (Phi) is 3.28. The van der Waals surface area contributed by atoms with Crippen molar-refractivity contribution < 1.29 is 0 Å². The average molecular weight is 345 g/mol. The predicted octanol–water partition coefficient (Wildman–Crippen LogP) is 3.42. The van der Waals surface area contributed by atoms with Gasteiger partial charge in [-0.25, -0.2) is 0 Å². The summed E-state index contributed by atoms with van der Waals surface area (Å²) in [7, 11) is 0. The second kappa shape index (κ2) is 4.24. The van der Waals surface area contributed by atoms with Crippen molar-refractivity contribution in [1.82, 2.24) is 0 Å². The summed E-state index contributed by atoms with van der Waals surface area (Å²) in [6, 6.07) is 0. The molecule has 0 N–H and O–H groups in total. The third kappa shape index (κ3) is 2.43. The Morgan fingerprint density at radius 2 is 1.00 bits per heavy atom. The van der Waals surface area contributed by atoms with Crippen LogP contribution in [0.3, 0.4) is 0 Å². The first-order valence-corrected chi connectivity index (χ1v) is 9.70. The summed E-state index contributed by atoms with van der Waals surface area (Å²) in [5, 5.41) is 0. The van der Waals surface area contributed by atoms with Gasteiger partial charge in [0.15, 0.2) is 0 Å². The molecule has 0 heterocycles. The van der Waals surface area contributed by atoms with Crippen molar-refractivity contribution in [3.05, 3.63) is 0 Å². The van der Waals surface area contributed by atoms with E-state index in [1.807, 2.05) is 0 Å². The molecule has 2 aliphatic carbocycles. The van der Waals surface area contributed by atoms with Gasteiger partial charge in [0, 0.05) is 0 Å². The first kappa shape index (κ1) is 8.52. The molecule has 0 spiro atoms. The van der Waals surface area contributed by atoms with Gasteiger partial charge in [-0.05, 0) is 0 Å². The molecule has 62 valence electrons. The van der Waals surface area contributed by atoms with Crippen molar-refractivity contribution in [2.45, 2.75) is 58.3 Å². The maximum atomic E-state index is 1.64. The van der Waals surface area contributed by atoms with E-state index in [1.165, 1.54) is 6.95 Å². The molecule has 0 unspecified atom stereocenters. The molecule has 2 radical (unpaired) electrons. The van der Waals surface area contributed by atoms with E-state index in [9.17, 15) is 0 Å². The monoisotopic (exact) mass is 346 g/mol. The molecular weight excluding hydrogens is 327 g/mol. The van der Waals surface area contributed by atoms with Gasteiger partial charge in [0.2, 0.25) is 0 Å². The van der Waals surface area contributed by atoms with Gasteiger partial charge < -0.3 is 0 Å². The van der Waals surface area contributed by atoms with Crippen LogP contribution >= 0.6 is 0 Å². The fourth-order valence-electron chi connectivity index (χ4n) is 2.52. The van der Waals surface area contributed by atoms with Crippen molar-refractivity contribution in [2.75, 3.05) is 0 Å². The Balaban J connectivity index is 1.71. The second-order valence-corrected chi connectivity index (χ2v) is 11.8. The average Bonchev–Trinajstić information content (AvgIpc) is 2.60. The van der Waals surface area contributed by atoms with Crippen molar-refractivity contribution in [1.29, 1.82) is 0 Å². The van der Waals surface area contributed by atoms with E-state index in [4.69, 9.17) is 0 Å². The quantitative estimate of drug-likeness (QED) is 0.673. The summed E-state index contributed by atoms with van der Waals surface area (Å²) < 4.78 is 2.66. The zero-order valence-electron chi connectivity index (χ0n) is 7.31. The molecular formula is C10H18Pb. The fraction of sp³-hybridized carbons (Fsp3) is 1.00. The van der Waals surface area contributed by atoms with Gasteiger partial charge in [0.05, 0.1) is 0 Å². The summed E-state index contributed by atoms with van der Waals surface area (Å²) in [5.41, 5.74) is 0. The Labute approximate surface area is 82.4 Å². The second-order valence-electron chi connectivity index (χ2n) is 4.13. The van der Waals surface area contributed by atoms with E-state index in [2.05, 4.69) is 0 Å². The maximum absolute atomic E-state index is 1.64. The van der Waals surface area contributed by atoms with E-state index in [0.29, 0.717) is 0 Å². The van der Waals surface area contributed by atoms with E-state index in [1.54, 1.807) is 51.4 Å². The Bertz CT molecular complexity index is 96.0. The van der Waals surface area contributed by atoms with Gasteiger partial charge in [0.1, 0.15) is 0 Å². The minimum atomic E-state index is -0.123. The molecule has 0 nitrogen and oxygen atoms in total. The molecule has 2 saturated carbocycles. The number of hydrogen-bond donors (Lipinski definition) is 0. The normalized spacial score (nSPS) is 28.4.